The van der Waals surface area contributed by atoms with Crippen molar-refractivity contribution in [3.8, 4) is 0 Å². The summed E-state index contributed by atoms with van der Waals surface area (Å²) in [5, 5.41) is 17.5. The second kappa shape index (κ2) is 15.7. The predicted octanol–water partition coefficient (Wildman–Crippen LogP) is 6.04. The maximum atomic E-state index is 9.21. The van der Waals surface area contributed by atoms with Crippen LogP contribution in [0.1, 0.15) is 71.9 Å². The van der Waals surface area contributed by atoms with E-state index in [1.807, 2.05) is 30.1 Å². The standard InChI is InChI=1S/C12H19BrN2O2.C7H11BrN2O.C5H8O/c1-9(15-8-11(13)7-14-15)10(2)17-12-5-3-4-6-16-12;1-5(6(2)11)10-4-7(8)3-9-10;1-2-4-6-5-3-1/h7-10,12H,3-6H2,1-2H3;3-6,11H,1-2H3;2,4H,1,3,5H2. The van der Waals surface area contributed by atoms with Gasteiger partial charge in [0.05, 0.1) is 58.5 Å². The first-order chi connectivity index (χ1) is 16.3. The van der Waals surface area contributed by atoms with Crippen molar-refractivity contribution in [2.45, 2.75) is 90.4 Å². The van der Waals surface area contributed by atoms with Gasteiger partial charge in [0.2, 0.25) is 0 Å². The van der Waals surface area contributed by atoms with E-state index < -0.39 is 0 Å². The summed E-state index contributed by atoms with van der Waals surface area (Å²) in [6, 6.07) is 0.230. The molecule has 34 heavy (non-hydrogen) atoms. The van der Waals surface area contributed by atoms with Gasteiger partial charge in [0.1, 0.15) is 0 Å². The Kier molecular flexibility index (Phi) is 13.4. The maximum Gasteiger partial charge on any atom is 0.158 e. The molecule has 0 aliphatic carbocycles. The molecule has 0 radical (unpaired) electrons. The summed E-state index contributed by atoms with van der Waals surface area (Å²) in [6.45, 7) is 9.57. The molecule has 0 saturated carbocycles. The van der Waals surface area contributed by atoms with Crippen LogP contribution < -0.4 is 0 Å². The van der Waals surface area contributed by atoms with Crippen molar-refractivity contribution in [2.75, 3.05) is 13.2 Å². The summed E-state index contributed by atoms with van der Waals surface area (Å²) in [5.41, 5.74) is 0. The van der Waals surface area contributed by atoms with Gasteiger partial charge in [-0.2, -0.15) is 10.2 Å². The topological polar surface area (TPSA) is 83.6 Å². The van der Waals surface area contributed by atoms with Crippen LogP contribution in [0.25, 0.3) is 0 Å². The van der Waals surface area contributed by atoms with Gasteiger partial charge in [-0.3, -0.25) is 9.36 Å². The third-order valence-corrected chi connectivity index (χ3v) is 6.50. The van der Waals surface area contributed by atoms with Gasteiger partial charge < -0.3 is 19.3 Å². The number of hydrogen-bond acceptors (Lipinski definition) is 6. The number of aliphatic hydroxyl groups excluding tert-OH is 1. The van der Waals surface area contributed by atoms with Crippen molar-refractivity contribution in [1.29, 1.82) is 0 Å². The quantitative estimate of drug-likeness (QED) is 0.432. The highest BCUT2D eigenvalue weighted by molar-refractivity contribution is 9.10. The van der Waals surface area contributed by atoms with Crippen molar-refractivity contribution in [2.24, 2.45) is 0 Å². The van der Waals surface area contributed by atoms with Gasteiger partial charge >= 0.3 is 0 Å². The lowest BCUT2D eigenvalue weighted by atomic mass is 10.2. The molecule has 1 N–H and O–H groups in total. The summed E-state index contributed by atoms with van der Waals surface area (Å²) in [6.07, 6.45) is 16.5. The van der Waals surface area contributed by atoms with E-state index in [0.717, 1.165) is 35.0 Å². The number of halogens is 2. The van der Waals surface area contributed by atoms with Gasteiger partial charge in [0, 0.05) is 19.0 Å². The fraction of sp³-hybridized carbons (Fsp3) is 0.667. The number of allylic oxidation sites excluding steroid dienone is 1. The van der Waals surface area contributed by atoms with E-state index in [2.05, 4.69) is 55.9 Å². The van der Waals surface area contributed by atoms with Gasteiger partial charge in [0.15, 0.2) is 6.29 Å². The molecular weight excluding hydrogens is 568 g/mol. The van der Waals surface area contributed by atoms with Crippen LogP contribution in [0.15, 0.2) is 46.1 Å². The summed E-state index contributed by atoms with van der Waals surface area (Å²) in [7, 11) is 0. The molecule has 0 aromatic carbocycles. The molecule has 5 atom stereocenters. The van der Waals surface area contributed by atoms with Crippen LogP contribution in [-0.4, -0.2) is 56.4 Å². The summed E-state index contributed by atoms with van der Waals surface area (Å²) in [5.74, 6) is 0. The van der Waals surface area contributed by atoms with Crippen molar-refractivity contribution in [3.63, 3.8) is 0 Å². The van der Waals surface area contributed by atoms with Gasteiger partial charge in [-0.1, -0.05) is 0 Å². The Hall–Kier alpha value is -1.20. The molecule has 2 aromatic heterocycles. The molecule has 0 bridgehead atoms. The first kappa shape index (κ1) is 29.0. The van der Waals surface area contributed by atoms with E-state index in [1.165, 1.54) is 19.3 Å². The van der Waals surface area contributed by atoms with Crippen molar-refractivity contribution in [3.05, 3.63) is 46.1 Å². The van der Waals surface area contributed by atoms with Crippen LogP contribution in [0.5, 0.6) is 0 Å². The Balaban J connectivity index is 0.000000204. The van der Waals surface area contributed by atoms with Gasteiger partial charge in [0.25, 0.3) is 0 Å². The molecule has 8 nitrogen and oxygen atoms in total. The predicted molar refractivity (Wildman–Crippen MR) is 139 cm³/mol. The molecule has 2 aliphatic heterocycles. The first-order valence-corrected chi connectivity index (χ1v) is 13.5. The second-order valence-electron chi connectivity index (χ2n) is 8.52. The number of hydrogen-bond donors (Lipinski definition) is 1. The Morgan fingerprint density at radius 1 is 0.971 bits per heavy atom. The minimum Gasteiger partial charge on any atom is -0.502 e. The normalized spacial score (nSPS) is 21.1. The molecule has 1 fully saturated rings. The van der Waals surface area contributed by atoms with E-state index in [0.29, 0.717) is 0 Å². The molecule has 0 spiro atoms. The highest BCUT2D eigenvalue weighted by atomic mass is 79.9. The Labute approximate surface area is 219 Å². The summed E-state index contributed by atoms with van der Waals surface area (Å²) in [4.78, 5) is 0. The lowest BCUT2D eigenvalue weighted by Gasteiger charge is -2.29. The molecular formula is C24H38Br2N4O4. The zero-order valence-corrected chi connectivity index (χ0v) is 23.7. The first-order valence-electron chi connectivity index (χ1n) is 11.9. The fourth-order valence-corrected chi connectivity index (χ4v) is 3.77. The number of nitrogens with zero attached hydrogens (tertiary/aromatic N) is 4. The van der Waals surface area contributed by atoms with Crippen LogP contribution in [0, 0.1) is 0 Å². The zero-order valence-electron chi connectivity index (χ0n) is 20.5. The lowest BCUT2D eigenvalue weighted by molar-refractivity contribution is -0.192. The minimum absolute atomic E-state index is 0.0290. The Morgan fingerprint density at radius 3 is 2.00 bits per heavy atom. The fourth-order valence-electron chi connectivity index (χ4n) is 3.17. The number of rotatable bonds is 6. The van der Waals surface area contributed by atoms with Gasteiger partial charge in [-0.15, -0.1) is 0 Å². The molecule has 2 aliphatic rings. The van der Waals surface area contributed by atoms with E-state index in [9.17, 15) is 5.11 Å². The van der Waals surface area contributed by atoms with Gasteiger partial charge in [-0.25, -0.2) is 0 Å². The van der Waals surface area contributed by atoms with Crippen molar-refractivity contribution < 1.29 is 19.3 Å². The van der Waals surface area contributed by atoms with E-state index >= 15 is 0 Å². The average Bonchev–Trinajstić information content (AvgIpc) is 3.49. The molecule has 2 aromatic rings. The van der Waals surface area contributed by atoms with Gasteiger partial charge in [-0.05, 0) is 97.7 Å². The third kappa shape index (κ3) is 10.6. The number of aliphatic hydroxyl groups is 1. The van der Waals surface area contributed by atoms with Crippen LogP contribution in [0.3, 0.4) is 0 Å². The molecule has 192 valence electrons. The highest BCUT2D eigenvalue weighted by Gasteiger charge is 2.22. The van der Waals surface area contributed by atoms with Crippen LogP contribution in [0.4, 0.5) is 0 Å². The molecule has 5 unspecified atom stereocenters. The maximum absolute atomic E-state index is 9.21. The third-order valence-electron chi connectivity index (χ3n) is 5.68. The number of ether oxygens (including phenoxy) is 3. The minimum atomic E-state index is -0.373. The van der Waals surface area contributed by atoms with Crippen LogP contribution in [0.2, 0.25) is 0 Å². The molecule has 4 rings (SSSR count). The molecule has 10 heteroatoms. The molecule has 4 heterocycles. The second-order valence-corrected chi connectivity index (χ2v) is 10.4. The average molecular weight is 606 g/mol. The Bertz CT molecular complexity index is 829. The largest absolute Gasteiger partial charge is 0.502 e. The smallest absolute Gasteiger partial charge is 0.158 e. The molecule has 0 amide bonds. The van der Waals surface area contributed by atoms with E-state index in [-0.39, 0.29) is 30.6 Å². The molecule has 1 saturated heterocycles. The summed E-state index contributed by atoms with van der Waals surface area (Å²) >= 11 is 6.68. The van der Waals surface area contributed by atoms with E-state index in [1.54, 1.807) is 30.3 Å². The van der Waals surface area contributed by atoms with Crippen molar-refractivity contribution >= 4 is 31.9 Å². The zero-order chi connectivity index (χ0) is 24.9. The highest BCUT2D eigenvalue weighted by Crippen LogP contribution is 2.21. The SMILES string of the molecule is C1=COCCC1.CC(O)C(C)n1cc(Br)cn1.CC(OC1CCCCO1)C(C)n1cc(Br)cn1. The monoisotopic (exact) mass is 604 g/mol. The Morgan fingerprint density at radius 2 is 1.62 bits per heavy atom. The lowest BCUT2D eigenvalue weighted by Crippen LogP contribution is -2.31. The van der Waals surface area contributed by atoms with Crippen LogP contribution >= 0.6 is 31.9 Å². The van der Waals surface area contributed by atoms with E-state index in [4.69, 9.17) is 14.2 Å². The summed E-state index contributed by atoms with van der Waals surface area (Å²) < 4.78 is 22.0. The number of aromatic nitrogens is 4. The van der Waals surface area contributed by atoms with Crippen molar-refractivity contribution in [1.82, 2.24) is 19.6 Å². The van der Waals surface area contributed by atoms with Crippen LogP contribution in [-0.2, 0) is 14.2 Å².